The number of anilines is 1. The van der Waals surface area contributed by atoms with E-state index >= 15 is 0 Å². The molecule has 2 aromatic carbocycles. The number of aryl methyl sites for hydroxylation is 1. The summed E-state index contributed by atoms with van der Waals surface area (Å²) in [6.45, 7) is 1.95. The number of aromatic amines is 1. The lowest BCUT2D eigenvalue weighted by molar-refractivity contribution is -0.120. The first kappa shape index (κ1) is 19.5. The standard InChI is InChI=1S/C21H18N6O2S/c1-13-6-8-14(9-7-13)20(29)24-21-27-26-19(30-21)10-18(28)25-23-12-15-11-22-17-5-3-2-4-16(15)17/h2-9,11-12,22H,10H2,1H3,(H,25,28)(H,24,27,29)/b23-12+. The molecule has 9 heteroatoms. The second-order valence-corrected chi connectivity index (χ2v) is 7.64. The van der Waals surface area contributed by atoms with Crippen molar-refractivity contribution < 1.29 is 9.59 Å². The zero-order valence-electron chi connectivity index (χ0n) is 16.0. The second-order valence-electron chi connectivity index (χ2n) is 6.58. The van der Waals surface area contributed by atoms with Gasteiger partial charge < -0.3 is 4.98 Å². The van der Waals surface area contributed by atoms with Crippen molar-refractivity contribution in [2.24, 2.45) is 5.10 Å². The van der Waals surface area contributed by atoms with E-state index in [9.17, 15) is 9.59 Å². The summed E-state index contributed by atoms with van der Waals surface area (Å²) >= 11 is 1.15. The van der Waals surface area contributed by atoms with E-state index in [0.29, 0.717) is 15.7 Å². The Hall–Kier alpha value is -3.85. The van der Waals surface area contributed by atoms with Gasteiger partial charge >= 0.3 is 0 Å². The molecule has 4 aromatic rings. The Balaban J connectivity index is 1.31. The number of hydrogen-bond acceptors (Lipinski definition) is 6. The van der Waals surface area contributed by atoms with Crippen LogP contribution in [-0.2, 0) is 11.2 Å². The maximum absolute atomic E-state index is 12.2. The molecule has 0 bridgehead atoms. The molecule has 0 saturated carbocycles. The van der Waals surface area contributed by atoms with Gasteiger partial charge in [-0.25, -0.2) is 5.43 Å². The van der Waals surface area contributed by atoms with Crippen molar-refractivity contribution in [2.45, 2.75) is 13.3 Å². The highest BCUT2D eigenvalue weighted by molar-refractivity contribution is 7.15. The molecule has 0 fully saturated rings. The maximum atomic E-state index is 12.2. The molecule has 0 aliphatic rings. The summed E-state index contributed by atoms with van der Waals surface area (Å²) in [5.74, 6) is -0.593. The normalized spacial score (nSPS) is 11.1. The molecule has 30 heavy (non-hydrogen) atoms. The summed E-state index contributed by atoms with van der Waals surface area (Å²) in [4.78, 5) is 27.5. The fourth-order valence-electron chi connectivity index (χ4n) is 2.80. The van der Waals surface area contributed by atoms with E-state index < -0.39 is 0 Å². The van der Waals surface area contributed by atoms with Gasteiger partial charge in [0.2, 0.25) is 11.0 Å². The highest BCUT2D eigenvalue weighted by Gasteiger charge is 2.12. The highest BCUT2D eigenvalue weighted by Crippen LogP contribution is 2.17. The molecule has 150 valence electrons. The van der Waals surface area contributed by atoms with Gasteiger partial charge in [-0.05, 0) is 25.1 Å². The van der Waals surface area contributed by atoms with Crippen LogP contribution in [0.5, 0.6) is 0 Å². The fourth-order valence-corrected chi connectivity index (χ4v) is 3.53. The first-order chi connectivity index (χ1) is 14.6. The highest BCUT2D eigenvalue weighted by atomic mass is 32.1. The van der Waals surface area contributed by atoms with E-state index in [1.54, 1.807) is 18.3 Å². The number of hydrazone groups is 1. The fraction of sp³-hybridized carbons (Fsp3) is 0.0952. The molecule has 2 heterocycles. The molecule has 4 rings (SSSR count). The van der Waals surface area contributed by atoms with Crippen LogP contribution >= 0.6 is 11.3 Å². The smallest absolute Gasteiger partial charge is 0.257 e. The third-order valence-corrected chi connectivity index (χ3v) is 5.17. The Morgan fingerprint density at radius 2 is 1.93 bits per heavy atom. The van der Waals surface area contributed by atoms with Crippen molar-refractivity contribution in [3.05, 3.63) is 76.4 Å². The molecule has 8 nitrogen and oxygen atoms in total. The molecule has 0 atom stereocenters. The molecular weight excluding hydrogens is 400 g/mol. The molecule has 3 N–H and O–H groups in total. The van der Waals surface area contributed by atoms with Crippen LogP contribution in [0.2, 0.25) is 0 Å². The predicted molar refractivity (Wildman–Crippen MR) is 117 cm³/mol. The third-order valence-electron chi connectivity index (χ3n) is 4.33. The Labute approximate surface area is 176 Å². The quantitative estimate of drug-likeness (QED) is 0.329. The van der Waals surface area contributed by atoms with Crippen LogP contribution in [0, 0.1) is 6.92 Å². The van der Waals surface area contributed by atoms with Crippen molar-refractivity contribution in [1.29, 1.82) is 0 Å². The van der Waals surface area contributed by atoms with Gasteiger partial charge in [0.05, 0.1) is 12.6 Å². The van der Waals surface area contributed by atoms with Gasteiger partial charge in [-0.2, -0.15) is 5.10 Å². The number of fused-ring (bicyclic) bond motifs is 1. The molecule has 0 radical (unpaired) electrons. The van der Waals surface area contributed by atoms with E-state index in [1.807, 2.05) is 49.5 Å². The molecule has 0 aliphatic heterocycles. The lowest BCUT2D eigenvalue weighted by Gasteiger charge is -2.01. The van der Waals surface area contributed by atoms with Crippen LogP contribution in [0.4, 0.5) is 5.13 Å². The van der Waals surface area contributed by atoms with Gasteiger partial charge in [-0.15, -0.1) is 10.2 Å². The topological polar surface area (TPSA) is 112 Å². The Morgan fingerprint density at radius 1 is 1.13 bits per heavy atom. The Morgan fingerprint density at radius 3 is 2.77 bits per heavy atom. The number of nitrogens with one attached hydrogen (secondary N) is 3. The van der Waals surface area contributed by atoms with E-state index in [4.69, 9.17) is 0 Å². The number of benzene rings is 2. The number of para-hydroxylation sites is 1. The summed E-state index contributed by atoms with van der Waals surface area (Å²) < 4.78 is 0. The van der Waals surface area contributed by atoms with E-state index in [2.05, 4.69) is 31.0 Å². The number of aromatic nitrogens is 3. The number of rotatable bonds is 6. The summed E-state index contributed by atoms with van der Waals surface area (Å²) in [6.07, 6.45) is 3.43. The zero-order valence-corrected chi connectivity index (χ0v) is 16.9. The first-order valence-corrected chi connectivity index (χ1v) is 9.98. The average molecular weight is 418 g/mol. The summed E-state index contributed by atoms with van der Waals surface area (Å²) in [5, 5.41) is 16.4. The summed E-state index contributed by atoms with van der Waals surface area (Å²) in [7, 11) is 0. The molecule has 0 saturated heterocycles. The van der Waals surface area contributed by atoms with Gasteiger partial charge in [0.15, 0.2) is 0 Å². The second kappa shape index (κ2) is 8.66. The minimum atomic E-state index is -0.321. The van der Waals surface area contributed by atoms with Crippen LogP contribution in [0.15, 0.2) is 59.8 Å². The minimum absolute atomic E-state index is 0.0172. The zero-order chi connectivity index (χ0) is 20.9. The summed E-state index contributed by atoms with van der Waals surface area (Å²) in [5.41, 5.74) is 5.96. The number of carbonyl (C=O) groups is 2. The first-order valence-electron chi connectivity index (χ1n) is 9.17. The number of amides is 2. The van der Waals surface area contributed by atoms with Crippen molar-refractivity contribution >= 4 is 45.4 Å². The van der Waals surface area contributed by atoms with Crippen LogP contribution < -0.4 is 10.7 Å². The van der Waals surface area contributed by atoms with E-state index in [0.717, 1.165) is 33.4 Å². The molecule has 0 unspecified atom stereocenters. The number of H-pyrrole nitrogens is 1. The Kier molecular flexibility index (Phi) is 5.62. The van der Waals surface area contributed by atoms with Gasteiger partial charge in [-0.3, -0.25) is 14.9 Å². The van der Waals surface area contributed by atoms with Gasteiger partial charge in [0.25, 0.3) is 5.91 Å². The molecule has 2 amide bonds. The van der Waals surface area contributed by atoms with E-state index in [1.165, 1.54) is 0 Å². The lowest BCUT2D eigenvalue weighted by atomic mass is 10.1. The van der Waals surface area contributed by atoms with Gasteiger partial charge in [0.1, 0.15) is 5.01 Å². The number of carbonyl (C=O) groups excluding carboxylic acids is 2. The summed E-state index contributed by atoms with van der Waals surface area (Å²) in [6, 6.07) is 15.0. The van der Waals surface area contributed by atoms with Crippen LogP contribution in [0.3, 0.4) is 0 Å². The monoisotopic (exact) mass is 418 g/mol. The predicted octanol–water partition coefficient (Wildman–Crippen LogP) is 3.27. The van der Waals surface area contributed by atoms with Gasteiger partial charge in [0, 0.05) is 28.2 Å². The molecular formula is C21H18N6O2S. The van der Waals surface area contributed by atoms with Crippen LogP contribution in [-0.4, -0.2) is 33.2 Å². The lowest BCUT2D eigenvalue weighted by Crippen LogP contribution is -2.19. The van der Waals surface area contributed by atoms with Crippen molar-refractivity contribution in [2.75, 3.05) is 5.32 Å². The number of nitrogens with zero attached hydrogens (tertiary/aromatic N) is 3. The third kappa shape index (κ3) is 4.58. The van der Waals surface area contributed by atoms with Crippen LogP contribution in [0.25, 0.3) is 10.9 Å². The average Bonchev–Trinajstić information content (AvgIpc) is 3.35. The SMILES string of the molecule is Cc1ccc(C(=O)Nc2nnc(CC(=O)N/N=C/c3c[nH]c4ccccc34)s2)cc1. The molecule has 0 spiro atoms. The van der Waals surface area contributed by atoms with E-state index in [-0.39, 0.29) is 18.2 Å². The van der Waals surface area contributed by atoms with Gasteiger partial charge in [-0.1, -0.05) is 47.2 Å². The van der Waals surface area contributed by atoms with Crippen LogP contribution in [0.1, 0.15) is 26.5 Å². The number of hydrogen-bond donors (Lipinski definition) is 3. The van der Waals surface area contributed by atoms with Crippen molar-refractivity contribution in [1.82, 2.24) is 20.6 Å². The molecule has 0 aliphatic carbocycles. The van der Waals surface area contributed by atoms with Crippen molar-refractivity contribution in [3.8, 4) is 0 Å². The maximum Gasteiger partial charge on any atom is 0.257 e. The largest absolute Gasteiger partial charge is 0.361 e. The minimum Gasteiger partial charge on any atom is -0.361 e. The van der Waals surface area contributed by atoms with Crippen molar-refractivity contribution in [3.63, 3.8) is 0 Å². The Bertz CT molecular complexity index is 1230. The molecule has 2 aromatic heterocycles.